The zero-order chi connectivity index (χ0) is 15.4. The summed E-state index contributed by atoms with van der Waals surface area (Å²) in [5.74, 6) is -0.353. The molecule has 0 bridgehead atoms. The number of nitrogens with zero attached hydrogens (tertiary/aromatic N) is 2. The molecule has 0 saturated carbocycles. The van der Waals surface area contributed by atoms with Gasteiger partial charge in [-0.3, -0.25) is 19.8 Å². The van der Waals surface area contributed by atoms with Crippen LogP contribution in [-0.4, -0.2) is 34.0 Å². The van der Waals surface area contributed by atoms with E-state index in [0.717, 1.165) is 25.1 Å². The summed E-state index contributed by atoms with van der Waals surface area (Å²) in [6, 6.07) is 5.05. The number of hydrogen-bond acceptors (Lipinski definition) is 4. The third-order valence-corrected chi connectivity index (χ3v) is 4.70. The van der Waals surface area contributed by atoms with Crippen molar-refractivity contribution in [1.29, 1.82) is 0 Å². The van der Waals surface area contributed by atoms with Crippen molar-refractivity contribution in [2.24, 2.45) is 5.92 Å². The summed E-state index contributed by atoms with van der Waals surface area (Å²) in [5, 5.41) is 19.6. The number of carboxylic acid groups (broad SMARTS) is 1. The highest BCUT2D eigenvalue weighted by molar-refractivity contribution is 9.10. The Labute approximate surface area is 131 Å². The molecule has 0 spiro atoms. The number of likely N-dealkylation sites (tertiary alicyclic amines) is 1. The fourth-order valence-electron chi connectivity index (χ4n) is 2.69. The molecule has 1 heterocycles. The van der Waals surface area contributed by atoms with Crippen molar-refractivity contribution in [2.75, 3.05) is 13.1 Å². The monoisotopic (exact) mass is 356 g/mol. The molecule has 1 N–H and O–H groups in total. The van der Waals surface area contributed by atoms with Gasteiger partial charge in [-0.2, -0.15) is 0 Å². The summed E-state index contributed by atoms with van der Waals surface area (Å²) in [4.78, 5) is 23.3. The Morgan fingerprint density at radius 1 is 1.52 bits per heavy atom. The molecule has 0 aliphatic carbocycles. The molecule has 0 aromatic heterocycles. The van der Waals surface area contributed by atoms with Crippen LogP contribution in [0.3, 0.4) is 0 Å². The molecule has 1 aliphatic rings. The van der Waals surface area contributed by atoms with Crippen LogP contribution in [-0.2, 0) is 11.3 Å². The fraction of sp³-hybridized carbons (Fsp3) is 0.500. The molecule has 1 aromatic rings. The standard InChI is InChI=1S/C14H17BrN2O4/c15-14-11(2-1-3-12(14)17(20)21)9-16-7-6-10(8-16)4-5-13(18)19/h1-3,10H,4-9H2,(H,18,19). The number of nitro benzene ring substituents is 1. The summed E-state index contributed by atoms with van der Waals surface area (Å²) >= 11 is 3.31. The number of nitro groups is 1. The van der Waals surface area contributed by atoms with E-state index in [9.17, 15) is 14.9 Å². The molecule has 0 amide bonds. The van der Waals surface area contributed by atoms with Gasteiger partial charge in [0.2, 0.25) is 0 Å². The Kier molecular flexibility index (Phi) is 5.30. The first-order valence-corrected chi connectivity index (χ1v) is 7.62. The van der Waals surface area contributed by atoms with E-state index in [1.165, 1.54) is 6.07 Å². The lowest BCUT2D eigenvalue weighted by atomic mass is 10.0. The molecule has 1 unspecified atom stereocenters. The maximum absolute atomic E-state index is 10.9. The number of halogens is 1. The van der Waals surface area contributed by atoms with Crippen molar-refractivity contribution < 1.29 is 14.8 Å². The second kappa shape index (κ2) is 7.00. The minimum absolute atomic E-state index is 0.0779. The van der Waals surface area contributed by atoms with E-state index in [1.807, 2.05) is 6.07 Å². The number of benzene rings is 1. The molecular formula is C14H17BrN2O4. The SMILES string of the molecule is O=C(O)CCC1CCN(Cc2cccc([N+](=O)[O-])c2Br)C1. The Balaban J connectivity index is 1.96. The van der Waals surface area contributed by atoms with Gasteiger partial charge in [0.25, 0.3) is 5.69 Å². The molecule has 1 aliphatic heterocycles. The van der Waals surface area contributed by atoms with Crippen LogP contribution in [0.2, 0.25) is 0 Å². The van der Waals surface area contributed by atoms with Gasteiger partial charge in [-0.1, -0.05) is 12.1 Å². The molecule has 21 heavy (non-hydrogen) atoms. The van der Waals surface area contributed by atoms with Gasteiger partial charge in [0.1, 0.15) is 0 Å². The maximum atomic E-state index is 10.9. The van der Waals surface area contributed by atoms with Gasteiger partial charge in [-0.25, -0.2) is 0 Å². The molecule has 1 atom stereocenters. The number of rotatable bonds is 6. The average molecular weight is 357 g/mol. The summed E-state index contributed by atoms with van der Waals surface area (Å²) < 4.78 is 0.531. The molecule has 7 heteroatoms. The van der Waals surface area contributed by atoms with Gasteiger partial charge < -0.3 is 5.11 Å². The van der Waals surface area contributed by atoms with Crippen LogP contribution in [0.4, 0.5) is 5.69 Å². The van der Waals surface area contributed by atoms with Crippen LogP contribution < -0.4 is 0 Å². The second-order valence-corrected chi connectivity index (χ2v) is 6.12. The first kappa shape index (κ1) is 15.9. The zero-order valence-corrected chi connectivity index (χ0v) is 13.1. The highest BCUT2D eigenvalue weighted by Crippen LogP contribution is 2.30. The average Bonchev–Trinajstić information content (AvgIpc) is 2.86. The van der Waals surface area contributed by atoms with Gasteiger partial charge in [0, 0.05) is 25.6 Å². The quantitative estimate of drug-likeness (QED) is 0.625. The van der Waals surface area contributed by atoms with Crippen LogP contribution in [0.25, 0.3) is 0 Å². The van der Waals surface area contributed by atoms with Gasteiger partial charge >= 0.3 is 5.97 Å². The van der Waals surface area contributed by atoms with Gasteiger partial charge in [0.15, 0.2) is 0 Å². The zero-order valence-electron chi connectivity index (χ0n) is 11.5. The highest BCUT2D eigenvalue weighted by Gasteiger charge is 2.24. The smallest absolute Gasteiger partial charge is 0.303 e. The van der Waals surface area contributed by atoms with Crippen LogP contribution in [0.1, 0.15) is 24.8 Å². The lowest BCUT2D eigenvalue weighted by Gasteiger charge is -2.16. The largest absolute Gasteiger partial charge is 0.481 e. The first-order valence-electron chi connectivity index (χ1n) is 6.83. The first-order chi connectivity index (χ1) is 9.97. The topological polar surface area (TPSA) is 83.7 Å². The van der Waals surface area contributed by atoms with E-state index in [4.69, 9.17) is 5.11 Å². The normalized spacial score (nSPS) is 18.8. The van der Waals surface area contributed by atoms with Crippen LogP contribution in [0.5, 0.6) is 0 Å². The summed E-state index contributed by atoms with van der Waals surface area (Å²) in [5.41, 5.74) is 0.970. The van der Waals surface area contributed by atoms with E-state index in [1.54, 1.807) is 6.07 Å². The molecule has 1 saturated heterocycles. The molecular weight excluding hydrogens is 340 g/mol. The second-order valence-electron chi connectivity index (χ2n) is 5.33. The van der Waals surface area contributed by atoms with E-state index >= 15 is 0 Å². The lowest BCUT2D eigenvalue weighted by Crippen LogP contribution is -2.20. The third kappa shape index (κ3) is 4.25. The van der Waals surface area contributed by atoms with Crippen molar-refractivity contribution in [2.45, 2.75) is 25.8 Å². The van der Waals surface area contributed by atoms with Gasteiger partial charge in [0.05, 0.1) is 9.40 Å². The van der Waals surface area contributed by atoms with Crippen molar-refractivity contribution in [1.82, 2.24) is 4.90 Å². The molecule has 1 fully saturated rings. The predicted octanol–water partition coefficient (Wildman–Crippen LogP) is 3.04. The summed E-state index contributed by atoms with van der Waals surface area (Å²) in [6.07, 6.45) is 1.89. The van der Waals surface area contributed by atoms with Gasteiger partial charge in [-0.05, 0) is 46.8 Å². The highest BCUT2D eigenvalue weighted by atomic mass is 79.9. The van der Waals surface area contributed by atoms with E-state index in [-0.39, 0.29) is 12.1 Å². The Hall–Kier alpha value is -1.47. The minimum atomic E-state index is -0.755. The molecule has 6 nitrogen and oxygen atoms in total. The number of hydrogen-bond donors (Lipinski definition) is 1. The van der Waals surface area contributed by atoms with Crippen LogP contribution in [0, 0.1) is 16.0 Å². The Morgan fingerprint density at radius 2 is 2.29 bits per heavy atom. The number of carbonyl (C=O) groups is 1. The number of carboxylic acids is 1. The van der Waals surface area contributed by atoms with E-state index in [0.29, 0.717) is 23.4 Å². The van der Waals surface area contributed by atoms with Crippen molar-refractivity contribution >= 4 is 27.6 Å². The Morgan fingerprint density at radius 3 is 2.95 bits per heavy atom. The Bertz CT molecular complexity index is 550. The van der Waals surface area contributed by atoms with E-state index in [2.05, 4.69) is 20.8 Å². The minimum Gasteiger partial charge on any atom is -0.481 e. The van der Waals surface area contributed by atoms with Crippen molar-refractivity contribution in [3.63, 3.8) is 0 Å². The number of aliphatic carboxylic acids is 1. The fourth-order valence-corrected chi connectivity index (χ4v) is 3.22. The van der Waals surface area contributed by atoms with Crippen molar-refractivity contribution in [3.8, 4) is 0 Å². The van der Waals surface area contributed by atoms with Crippen LogP contribution in [0.15, 0.2) is 22.7 Å². The third-order valence-electron chi connectivity index (χ3n) is 3.79. The van der Waals surface area contributed by atoms with Gasteiger partial charge in [-0.15, -0.1) is 0 Å². The lowest BCUT2D eigenvalue weighted by molar-refractivity contribution is -0.385. The molecule has 0 radical (unpaired) electrons. The molecule has 114 valence electrons. The molecule has 1 aromatic carbocycles. The molecule has 2 rings (SSSR count). The summed E-state index contributed by atoms with van der Waals surface area (Å²) in [7, 11) is 0. The van der Waals surface area contributed by atoms with E-state index < -0.39 is 10.9 Å². The van der Waals surface area contributed by atoms with Crippen LogP contribution >= 0.6 is 15.9 Å². The predicted molar refractivity (Wildman–Crippen MR) is 81.1 cm³/mol. The maximum Gasteiger partial charge on any atom is 0.303 e. The summed E-state index contributed by atoms with van der Waals surface area (Å²) in [6.45, 7) is 2.40. The van der Waals surface area contributed by atoms with Crippen molar-refractivity contribution in [3.05, 3.63) is 38.3 Å².